The lowest BCUT2D eigenvalue weighted by molar-refractivity contribution is 1.30. The Morgan fingerprint density at radius 2 is 2.00 bits per heavy atom. The summed E-state index contributed by atoms with van der Waals surface area (Å²) in [6, 6.07) is 6.98. The van der Waals surface area contributed by atoms with E-state index in [2.05, 4.69) is 27.6 Å². The molecule has 13 heavy (non-hydrogen) atoms. The third-order valence-electron chi connectivity index (χ3n) is 1.79. The SMILES string of the molecule is O=c1ccc2c(I)ccc(Cl)c2[nH]1. The standard InChI is InChI=1S/C9H5ClINO/c10-6-2-3-7(11)5-1-4-8(13)12-9(5)6/h1-4H,(H,12,13). The Balaban J connectivity index is 3.00. The number of aromatic amines is 1. The van der Waals surface area contributed by atoms with Crippen molar-refractivity contribution in [3.05, 3.63) is 43.2 Å². The van der Waals surface area contributed by atoms with Crippen LogP contribution >= 0.6 is 34.2 Å². The van der Waals surface area contributed by atoms with E-state index in [1.54, 1.807) is 12.1 Å². The molecule has 0 saturated carbocycles. The van der Waals surface area contributed by atoms with Crippen molar-refractivity contribution >= 4 is 45.1 Å². The lowest BCUT2D eigenvalue weighted by Gasteiger charge is -2.01. The number of pyridine rings is 1. The first-order valence-electron chi connectivity index (χ1n) is 3.65. The molecule has 2 rings (SSSR count). The van der Waals surface area contributed by atoms with Crippen molar-refractivity contribution in [1.29, 1.82) is 0 Å². The number of halogens is 2. The maximum absolute atomic E-state index is 11.0. The average Bonchev–Trinajstić information content (AvgIpc) is 2.12. The summed E-state index contributed by atoms with van der Waals surface area (Å²) in [5, 5.41) is 1.56. The molecule has 0 aliphatic rings. The van der Waals surface area contributed by atoms with E-state index >= 15 is 0 Å². The molecule has 0 amide bonds. The third kappa shape index (κ3) is 1.58. The van der Waals surface area contributed by atoms with Gasteiger partial charge in [-0.25, -0.2) is 0 Å². The monoisotopic (exact) mass is 305 g/mol. The van der Waals surface area contributed by atoms with Gasteiger partial charge in [0.2, 0.25) is 5.56 Å². The van der Waals surface area contributed by atoms with E-state index in [-0.39, 0.29) is 5.56 Å². The molecule has 1 heterocycles. The molecule has 1 aromatic heterocycles. The highest BCUT2D eigenvalue weighted by Gasteiger charge is 2.02. The second-order valence-electron chi connectivity index (χ2n) is 2.64. The molecule has 0 fully saturated rings. The van der Waals surface area contributed by atoms with Crippen molar-refractivity contribution in [2.75, 3.05) is 0 Å². The van der Waals surface area contributed by atoms with E-state index in [1.807, 2.05) is 6.07 Å². The fourth-order valence-corrected chi connectivity index (χ4v) is 2.02. The van der Waals surface area contributed by atoms with Crippen LogP contribution in [-0.4, -0.2) is 4.98 Å². The highest BCUT2D eigenvalue weighted by atomic mass is 127. The molecule has 0 radical (unpaired) electrons. The Labute approximate surface area is 93.1 Å². The van der Waals surface area contributed by atoms with Crippen molar-refractivity contribution < 1.29 is 0 Å². The van der Waals surface area contributed by atoms with Crippen molar-refractivity contribution in [1.82, 2.24) is 4.98 Å². The summed E-state index contributed by atoms with van der Waals surface area (Å²) in [7, 11) is 0. The molecule has 66 valence electrons. The number of H-pyrrole nitrogens is 1. The van der Waals surface area contributed by atoms with E-state index in [9.17, 15) is 4.79 Å². The molecular weight excluding hydrogens is 300 g/mol. The quantitative estimate of drug-likeness (QED) is 0.746. The fraction of sp³-hybridized carbons (Fsp3) is 0. The van der Waals surface area contributed by atoms with Crippen molar-refractivity contribution in [2.24, 2.45) is 0 Å². The minimum absolute atomic E-state index is 0.128. The lowest BCUT2D eigenvalue weighted by Crippen LogP contribution is -2.03. The van der Waals surface area contributed by atoms with Gasteiger partial charge in [0.1, 0.15) is 0 Å². The summed E-state index contributed by atoms with van der Waals surface area (Å²) in [5.41, 5.74) is 0.581. The van der Waals surface area contributed by atoms with Gasteiger partial charge >= 0.3 is 0 Å². The Morgan fingerprint density at radius 1 is 1.23 bits per heavy atom. The Kier molecular flexibility index (Phi) is 2.29. The van der Waals surface area contributed by atoms with Gasteiger partial charge in [0.25, 0.3) is 0 Å². The zero-order valence-corrected chi connectivity index (χ0v) is 9.39. The summed E-state index contributed by atoms with van der Waals surface area (Å²) < 4.78 is 1.08. The van der Waals surface area contributed by atoms with Crippen LogP contribution in [0.15, 0.2) is 29.1 Å². The van der Waals surface area contributed by atoms with Gasteiger partial charge in [-0.3, -0.25) is 4.79 Å². The molecule has 0 unspecified atom stereocenters. The largest absolute Gasteiger partial charge is 0.321 e. The first kappa shape index (κ1) is 9.02. The summed E-state index contributed by atoms with van der Waals surface area (Å²) >= 11 is 8.13. The van der Waals surface area contributed by atoms with Crippen LogP contribution in [-0.2, 0) is 0 Å². The van der Waals surface area contributed by atoms with Crippen LogP contribution in [0.5, 0.6) is 0 Å². The number of nitrogens with one attached hydrogen (secondary N) is 1. The molecule has 0 bridgehead atoms. The van der Waals surface area contributed by atoms with Crippen LogP contribution in [0.2, 0.25) is 5.02 Å². The van der Waals surface area contributed by atoms with Gasteiger partial charge in [0.15, 0.2) is 0 Å². The van der Waals surface area contributed by atoms with E-state index in [1.165, 1.54) is 6.07 Å². The molecule has 1 aromatic carbocycles. The van der Waals surface area contributed by atoms with Gasteiger partial charge in [-0.15, -0.1) is 0 Å². The number of benzene rings is 1. The van der Waals surface area contributed by atoms with Gasteiger partial charge in [-0.2, -0.15) is 0 Å². The van der Waals surface area contributed by atoms with Crippen LogP contribution in [0.3, 0.4) is 0 Å². The second kappa shape index (κ2) is 3.31. The van der Waals surface area contributed by atoms with Crippen LogP contribution in [0, 0.1) is 3.57 Å². The van der Waals surface area contributed by atoms with Crippen molar-refractivity contribution in [3.63, 3.8) is 0 Å². The molecule has 0 aliphatic carbocycles. The molecule has 0 aliphatic heterocycles. The summed E-state index contributed by atoms with van der Waals surface area (Å²) in [4.78, 5) is 13.7. The third-order valence-corrected chi connectivity index (χ3v) is 3.05. The van der Waals surface area contributed by atoms with Crippen LogP contribution in [0.1, 0.15) is 0 Å². The van der Waals surface area contributed by atoms with Crippen molar-refractivity contribution in [2.45, 2.75) is 0 Å². The predicted octanol–water partition coefficient (Wildman–Crippen LogP) is 2.79. The fourth-order valence-electron chi connectivity index (χ4n) is 1.18. The zero-order chi connectivity index (χ0) is 9.42. The summed E-state index contributed by atoms with van der Waals surface area (Å²) in [6.45, 7) is 0. The van der Waals surface area contributed by atoms with Crippen molar-refractivity contribution in [3.8, 4) is 0 Å². The van der Waals surface area contributed by atoms with E-state index in [4.69, 9.17) is 11.6 Å². The Morgan fingerprint density at radius 3 is 2.77 bits per heavy atom. The second-order valence-corrected chi connectivity index (χ2v) is 4.21. The highest BCUT2D eigenvalue weighted by Crippen LogP contribution is 2.24. The van der Waals surface area contributed by atoms with E-state index in [0.29, 0.717) is 10.5 Å². The maximum Gasteiger partial charge on any atom is 0.248 e. The minimum atomic E-state index is -0.128. The average molecular weight is 306 g/mol. The molecule has 0 spiro atoms. The Hall–Kier alpha value is -0.550. The first-order valence-corrected chi connectivity index (χ1v) is 5.11. The zero-order valence-electron chi connectivity index (χ0n) is 6.47. The van der Waals surface area contributed by atoms with Gasteiger partial charge in [-0.1, -0.05) is 11.6 Å². The number of fused-ring (bicyclic) bond motifs is 1. The van der Waals surface area contributed by atoms with Crippen LogP contribution in [0.25, 0.3) is 10.9 Å². The number of hydrogen-bond donors (Lipinski definition) is 1. The van der Waals surface area contributed by atoms with Gasteiger partial charge < -0.3 is 4.98 Å². The number of aromatic nitrogens is 1. The number of rotatable bonds is 0. The maximum atomic E-state index is 11.0. The predicted molar refractivity (Wildman–Crippen MR) is 62.3 cm³/mol. The Bertz CT molecular complexity index is 520. The van der Waals surface area contributed by atoms with E-state index < -0.39 is 0 Å². The lowest BCUT2D eigenvalue weighted by atomic mass is 10.2. The van der Waals surface area contributed by atoms with Gasteiger partial charge in [0, 0.05) is 15.0 Å². The smallest absolute Gasteiger partial charge is 0.248 e. The van der Waals surface area contributed by atoms with Crippen LogP contribution in [0.4, 0.5) is 0 Å². The summed E-state index contributed by atoms with van der Waals surface area (Å²) in [5.74, 6) is 0. The number of hydrogen-bond acceptors (Lipinski definition) is 1. The first-order chi connectivity index (χ1) is 6.18. The molecule has 0 atom stereocenters. The molecule has 2 aromatic rings. The van der Waals surface area contributed by atoms with E-state index in [0.717, 1.165) is 8.96 Å². The topological polar surface area (TPSA) is 32.9 Å². The summed E-state index contributed by atoms with van der Waals surface area (Å²) in [6.07, 6.45) is 0. The highest BCUT2D eigenvalue weighted by molar-refractivity contribution is 14.1. The molecule has 1 N–H and O–H groups in total. The van der Waals surface area contributed by atoms with Gasteiger partial charge in [0.05, 0.1) is 10.5 Å². The molecule has 4 heteroatoms. The minimum Gasteiger partial charge on any atom is -0.321 e. The molecular formula is C9H5ClINO. The molecule has 2 nitrogen and oxygen atoms in total. The molecule has 0 saturated heterocycles. The van der Waals surface area contributed by atoms with Gasteiger partial charge in [-0.05, 0) is 40.8 Å². The van der Waals surface area contributed by atoms with Crippen LogP contribution < -0.4 is 5.56 Å². The normalized spacial score (nSPS) is 10.6.